The number of imide groups is 1. The number of amides is 2. The summed E-state index contributed by atoms with van der Waals surface area (Å²) < 4.78 is 0. The third kappa shape index (κ3) is 3.56. The molecule has 0 radical (unpaired) electrons. The largest absolute Gasteiger partial charge is 0.338 e. The fourth-order valence-electron chi connectivity index (χ4n) is 2.68. The number of carbonyl (C=O) groups excluding carboxylic acids is 2. The summed E-state index contributed by atoms with van der Waals surface area (Å²) in [4.78, 5) is 37.5. The molecule has 0 saturated carbocycles. The lowest BCUT2D eigenvalue weighted by atomic mass is 10.3. The van der Waals surface area contributed by atoms with Crippen LogP contribution in [0, 0.1) is 0 Å². The molecule has 3 rings (SSSR count). The smallest absolute Gasteiger partial charge is 0.288 e. The van der Waals surface area contributed by atoms with E-state index >= 15 is 0 Å². The van der Waals surface area contributed by atoms with E-state index in [0.29, 0.717) is 12.3 Å². The van der Waals surface area contributed by atoms with Gasteiger partial charge < -0.3 is 4.90 Å². The topological polar surface area (TPSA) is 69.6 Å². The highest BCUT2D eigenvalue weighted by Crippen LogP contribution is 2.19. The summed E-state index contributed by atoms with van der Waals surface area (Å²) in [5.41, 5.74) is 0. The summed E-state index contributed by atoms with van der Waals surface area (Å²) >= 11 is 1.10. The van der Waals surface area contributed by atoms with Gasteiger partial charge in [-0.05, 0) is 19.0 Å². The van der Waals surface area contributed by atoms with E-state index in [1.165, 1.54) is 4.90 Å². The van der Waals surface area contributed by atoms with Gasteiger partial charge in [0.25, 0.3) is 5.24 Å². The molecule has 0 aliphatic carbocycles. The maximum atomic E-state index is 11.5. The van der Waals surface area contributed by atoms with Gasteiger partial charge in [-0.1, -0.05) is 11.8 Å². The predicted molar refractivity (Wildman–Crippen MR) is 84.9 cm³/mol. The van der Waals surface area contributed by atoms with Crippen molar-refractivity contribution in [1.82, 2.24) is 19.8 Å². The summed E-state index contributed by atoms with van der Waals surface area (Å²) in [5.74, 6) is 1.03. The van der Waals surface area contributed by atoms with Crippen molar-refractivity contribution in [2.75, 3.05) is 49.9 Å². The van der Waals surface area contributed by atoms with Crippen LogP contribution in [0.1, 0.15) is 6.42 Å². The third-order valence-electron chi connectivity index (χ3n) is 3.90. The van der Waals surface area contributed by atoms with Crippen LogP contribution < -0.4 is 4.90 Å². The second-order valence-electron chi connectivity index (χ2n) is 5.33. The van der Waals surface area contributed by atoms with Crippen molar-refractivity contribution in [3.8, 4) is 0 Å². The standard InChI is InChI=1S/C14H19N5O2S/c20-12-11-22-14(21)19(12)6-2-5-17-7-9-18(10-8-17)13-15-3-1-4-16-13/h1,3-4H,2,5-11H2. The molecule has 3 heterocycles. The average molecular weight is 321 g/mol. The Bertz CT molecular complexity index is 517. The van der Waals surface area contributed by atoms with Crippen LogP contribution in [-0.4, -0.2) is 75.9 Å². The summed E-state index contributed by atoms with van der Waals surface area (Å²) in [6, 6.07) is 1.82. The molecule has 118 valence electrons. The third-order valence-corrected chi connectivity index (χ3v) is 4.76. The lowest BCUT2D eigenvalue weighted by Gasteiger charge is -2.34. The highest BCUT2D eigenvalue weighted by atomic mass is 32.2. The fraction of sp³-hybridized carbons (Fsp3) is 0.571. The van der Waals surface area contributed by atoms with Crippen molar-refractivity contribution in [3.63, 3.8) is 0 Å². The number of hydrogen-bond donors (Lipinski definition) is 0. The van der Waals surface area contributed by atoms with Gasteiger partial charge in [0, 0.05) is 45.1 Å². The number of piperazine rings is 1. The molecule has 0 bridgehead atoms. The van der Waals surface area contributed by atoms with Gasteiger partial charge >= 0.3 is 0 Å². The molecule has 2 amide bonds. The normalized spacial score (nSPS) is 20.0. The average Bonchev–Trinajstić information content (AvgIpc) is 2.88. The molecule has 0 N–H and O–H groups in total. The Morgan fingerprint density at radius 2 is 1.77 bits per heavy atom. The molecule has 8 heteroatoms. The van der Waals surface area contributed by atoms with E-state index in [9.17, 15) is 9.59 Å². The zero-order valence-corrected chi connectivity index (χ0v) is 13.2. The predicted octanol–water partition coefficient (Wildman–Crippen LogP) is 0.684. The molecular weight excluding hydrogens is 302 g/mol. The van der Waals surface area contributed by atoms with E-state index in [4.69, 9.17) is 0 Å². The van der Waals surface area contributed by atoms with E-state index in [1.54, 1.807) is 12.4 Å². The monoisotopic (exact) mass is 321 g/mol. The molecule has 0 atom stereocenters. The Morgan fingerprint density at radius 3 is 2.41 bits per heavy atom. The lowest BCUT2D eigenvalue weighted by molar-refractivity contribution is -0.124. The first-order valence-electron chi connectivity index (χ1n) is 7.45. The van der Waals surface area contributed by atoms with Gasteiger partial charge in [-0.2, -0.15) is 0 Å². The first-order valence-corrected chi connectivity index (χ1v) is 8.44. The van der Waals surface area contributed by atoms with Crippen LogP contribution in [0.2, 0.25) is 0 Å². The molecule has 0 unspecified atom stereocenters. The number of thioether (sulfide) groups is 1. The van der Waals surface area contributed by atoms with Crippen LogP contribution in [0.3, 0.4) is 0 Å². The first-order chi connectivity index (χ1) is 10.7. The van der Waals surface area contributed by atoms with E-state index in [1.807, 2.05) is 6.07 Å². The summed E-state index contributed by atoms with van der Waals surface area (Å²) in [6.45, 7) is 5.16. The molecule has 1 aromatic rings. The first kappa shape index (κ1) is 15.2. The quantitative estimate of drug-likeness (QED) is 0.790. The summed E-state index contributed by atoms with van der Waals surface area (Å²) in [5, 5.41) is -0.101. The van der Waals surface area contributed by atoms with Crippen molar-refractivity contribution in [2.45, 2.75) is 6.42 Å². The van der Waals surface area contributed by atoms with Gasteiger partial charge in [-0.3, -0.25) is 19.4 Å². The van der Waals surface area contributed by atoms with Gasteiger partial charge in [0.1, 0.15) is 0 Å². The molecular formula is C14H19N5O2S. The summed E-state index contributed by atoms with van der Waals surface area (Å²) in [6.07, 6.45) is 4.35. The van der Waals surface area contributed by atoms with Crippen LogP contribution in [0.25, 0.3) is 0 Å². The van der Waals surface area contributed by atoms with Crippen LogP contribution in [0.5, 0.6) is 0 Å². The van der Waals surface area contributed by atoms with Crippen LogP contribution in [0.15, 0.2) is 18.5 Å². The van der Waals surface area contributed by atoms with E-state index in [-0.39, 0.29) is 11.1 Å². The van der Waals surface area contributed by atoms with E-state index < -0.39 is 0 Å². The molecule has 2 aliphatic rings. The lowest BCUT2D eigenvalue weighted by Crippen LogP contribution is -2.47. The number of rotatable bonds is 5. The highest BCUT2D eigenvalue weighted by molar-refractivity contribution is 8.14. The Kier molecular flexibility index (Phi) is 4.89. The molecule has 22 heavy (non-hydrogen) atoms. The van der Waals surface area contributed by atoms with Crippen molar-refractivity contribution in [3.05, 3.63) is 18.5 Å². The Labute approximate surface area is 133 Å². The van der Waals surface area contributed by atoms with Crippen molar-refractivity contribution in [1.29, 1.82) is 0 Å². The molecule has 1 aromatic heterocycles. The number of hydrogen-bond acceptors (Lipinski definition) is 7. The molecule has 0 aromatic carbocycles. The van der Waals surface area contributed by atoms with Gasteiger partial charge in [0.2, 0.25) is 11.9 Å². The number of anilines is 1. The summed E-state index contributed by atoms with van der Waals surface area (Å²) in [7, 11) is 0. The molecule has 2 fully saturated rings. The zero-order chi connectivity index (χ0) is 15.4. The van der Waals surface area contributed by atoms with Gasteiger partial charge in [-0.25, -0.2) is 9.97 Å². The van der Waals surface area contributed by atoms with Crippen LogP contribution >= 0.6 is 11.8 Å². The van der Waals surface area contributed by atoms with Crippen molar-refractivity contribution in [2.24, 2.45) is 0 Å². The highest BCUT2D eigenvalue weighted by Gasteiger charge is 2.29. The fourth-order valence-corrected chi connectivity index (χ4v) is 3.43. The van der Waals surface area contributed by atoms with E-state index in [0.717, 1.165) is 56.9 Å². The molecule has 2 aliphatic heterocycles. The molecule has 2 saturated heterocycles. The molecule has 7 nitrogen and oxygen atoms in total. The Morgan fingerprint density at radius 1 is 1.05 bits per heavy atom. The molecule has 0 spiro atoms. The minimum Gasteiger partial charge on any atom is -0.338 e. The van der Waals surface area contributed by atoms with E-state index in [2.05, 4.69) is 19.8 Å². The van der Waals surface area contributed by atoms with Gasteiger partial charge in [0.05, 0.1) is 5.75 Å². The Hall–Kier alpha value is -1.67. The van der Waals surface area contributed by atoms with Crippen molar-refractivity contribution >= 4 is 28.9 Å². The zero-order valence-electron chi connectivity index (χ0n) is 12.3. The number of aromatic nitrogens is 2. The second kappa shape index (κ2) is 7.06. The number of nitrogens with zero attached hydrogens (tertiary/aromatic N) is 5. The second-order valence-corrected chi connectivity index (χ2v) is 6.26. The maximum Gasteiger partial charge on any atom is 0.288 e. The Balaban J connectivity index is 1.39. The maximum absolute atomic E-state index is 11.5. The number of carbonyl (C=O) groups is 2. The minimum absolute atomic E-state index is 0.0546. The van der Waals surface area contributed by atoms with Crippen LogP contribution in [-0.2, 0) is 4.79 Å². The minimum atomic E-state index is -0.101. The van der Waals surface area contributed by atoms with Gasteiger partial charge in [-0.15, -0.1) is 0 Å². The van der Waals surface area contributed by atoms with Crippen LogP contribution in [0.4, 0.5) is 10.7 Å². The SMILES string of the molecule is O=C1CSC(=O)N1CCCN1CCN(c2ncccn2)CC1. The van der Waals surface area contributed by atoms with Crippen molar-refractivity contribution < 1.29 is 9.59 Å². The van der Waals surface area contributed by atoms with Gasteiger partial charge in [0.15, 0.2) is 0 Å².